The number of aliphatic imine (C=N–C) groups is 1. The van der Waals surface area contributed by atoms with Gasteiger partial charge in [0, 0.05) is 0 Å². The van der Waals surface area contributed by atoms with Crippen LogP contribution in [0, 0.1) is 12.3 Å². The van der Waals surface area contributed by atoms with Crippen LogP contribution in [-0.2, 0) is 4.79 Å². The molecule has 0 saturated carbocycles. The highest BCUT2D eigenvalue weighted by Crippen LogP contribution is 2.35. The van der Waals surface area contributed by atoms with Gasteiger partial charge in [0.15, 0.2) is 5.84 Å². The second-order valence-electron chi connectivity index (χ2n) is 4.84. The predicted octanol–water partition coefficient (Wildman–Crippen LogP) is 3.18. The Morgan fingerprint density at radius 1 is 1.35 bits per heavy atom. The van der Waals surface area contributed by atoms with Gasteiger partial charge in [0.1, 0.15) is 0 Å². The Kier molecular flexibility index (Phi) is 3.59. The first-order chi connectivity index (χ1) is 10.8. The standard InChI is InChI=1S/C14H9F3N4OS/c1-7-3-2-4-8(5-7)6-9-10(18)21-13(19-11(9)22)23-12(20-21)14(15,16)17/h2-6,18H,1H3/b9-6-,18-10?. The van der Waals surface area contributed by atoms with E-state index in [4.69, 9.17) is 5.41 Å². The molecule has 1 aromatic carbocycles. The Hall–Kier alpha value is -2.42. The van der Waals surface area contributed by atoms with Crippen molar-refractivity contribution in [1.29, 1.82) is 5.41 Å². The fraction of sp³-hybridized carbons (Fsp3) is 0.143. The maximum atomic E-state index is 12.7. The number of rotatable bonds is 1. The van der Waals surface area contributed by atoms with Gasteiger partial charge in [-0.2, -0.15) is 28.3 Å². The number of aryl methyl sites for hydroxylation is 1. The summed E-state index contributed by atoms with van der Waals surface area (Å²) in [6.45, 7) is 1.86. The SMILES string of the molecule is Cc1cccc(/C=C2/C(=N)N3N=C(C(F)(F)F)SC3=NC2=O)c1. The summed E-state index contributed by atoms with van der Waals surface area (Å²) in [6, 6.07) is 7.15. The molecule has 0 aliphatic carbocycles. The number of amides is 1. The summed E-state index contributed by atoms with van der Waals surface area (Å²) in [5.74, 6) is -1.18. The van der Waals surface area contributed by atoms with Gasteiger partial charge in [-0.3, -0.25) is 10.2 Å². The van der Waals surface area contributed by atoms with E-state index in [-0.39, 0.29) is 22.5 Å². The quantitative estimate of drug-likeness (QED) is 0.800. The van der Waals surface area contributed by atoms with Crippen LogP contribution in [0.2, 0.25) is 0 Å². The van der Waals surface area contributed by atoms with Crippen molar-refractivity contribution in [3.63, 3.8) is 0 Å². The maximum absolute atomic E-state index is 12.7. The molecule has 0 aromatic heterocycles. The molecule has 9 heteroatoms. The fourth-order valence-corrected chi connectivity index (χ4v) is 2.79. The molecule has 1 N–H and O–H groups in total. The highest BCUT2D eigenvalue weighted by Gasteiger charge is 2.46. The maximum Gasteiger partial charge on any atom is 0.441 e. The van der Waals surface area contributed by atoms with Gasteiger partial charge in [0.05, 0.1) is 5.57 Å². The summed E-state index contributed by atoms with van der Waals surface area (Å²) < 4.78 is 38.1. The molecular formula is C14H9F3N4OS. The van der Waals surface area contributed by atoms with E-state index in [0.717, 1.165) is 10.6 Å². The summed E-state index contributed by atoms with van der Waals surface area (Å²) in [4.78, 5) is 15.6. The van der Waals surface area contributed by atoms with E-state index < -0.39 is 23.0 Å². The summed E-state index contributed by atoms with van der Waals surface area (Å²) in [5.41, 5.74) is 1.50. The number of nitrogens with one attached hydrogen (secondary N) is 1. The van der Waals surface area contributed by atoms with Crippen LogP contribution in [-0.4, -0.2) is 33.1 Å². The topological polar surface area (TPSA) is 68.9 Å². The molecule has 118 valence electrons. The summed E-state index contributed by atoms with van der Waals surface area (Å²) >= 11 is 0.232. The number of fused-ring (bicyclic) bond motifs is 1. The minimum absolute atomic E-state index is 0.105. The lowest BCUT2D eigenvalue weighted by molar-refractivity contribution is -0.114. The molecule has 1 aromatic rings. The molecule has 5 nitrogen and oxygen atoms in total. The number of thioether (sulfide) groups is 1. The molecule has 0 fully saturated rings. The van der Waals surface area contributed by atoms with Crippen molar-refractivity contribution in [3.8, 4) is 0 Å². The number of carbonyl (C=O) groups excluding carboxylic acids is 1. The van der Waals surface area contributed by atoms with Gasteiger partial charge in [0.25, 0.3) is 5.91 Å². The highest BCUT2D eigenvalue weighted by atomic mass is 32.2. The first-order valence-electron chi connectivity index (χ1n) is 6.40. The second kappa shape index (κ2) is 5.34. The van der Waals surface area contributed by atoms with Gasteiger partial charge in [-0.05, 0) is 30.3 Å². The summed E-state index contributed by atoms with van der Waals surface area (Å²) in [6.07, 6.45) is -3.22. The third-order valence-electron chi connectivity index (χ3n) is 3.05. The molecule has 0 atom stereocenters. The molecule has 2 aliphatic rings. The number of nitrogens with zero attached hydrogens (tertiary/aromatic N) is 3. The Morgan fingerprint density at radius 3 is 2.74 bits per heavy atom. The normalized spacial score (nSPS) is 19.8. The van der Waals surface area contributed by atoms with E-state index in [1.807, 2.05) is 13.0 Å². The molecule has 0 unspecified atom stereocenters. The zero-order chi connectivity index (χ0) is 16.8. The number of alkyl halides is 3. The third-order valence-corrected chi connectivity index (χ3v) is 4.00. The van der Waals surface area contributed by atoms with Gasteiger partial charge in [-0.1, -0.05) is 29.8 Å². The van der Waals surface area contributed by atoms with Crippen LogP contribution in [0.5, 0.6) is 0 Å². The van der Waals surface area contributed by atoms with Crippen LogP contribution in [0.15, 0.2) is 39.9 Å². The molecular weight excluding hydrogens is 329 g/mol. The predicted molar refractivity (Wildman–Crippen MR) is 82.2 cm³/mol. The van der Waals surface area contributed by atoms with E-state index in [1.165, 1.54) is 6.08 Å². The second-order valence-corrected chi connectivity index (χ2v) is 5.79. The number of hydrazone groups is 1. The van der Waals surface area contributed by atoms with Crippen LogP contribution in [0.4, 0.5) is 13.2 Å². The number of halogens is 3. The van der Waals surface area contributed by atoms with Crippen LogP contribution >= 0.6 is 11.8 Å². The molecule has 1 amide bonds. The smallest absolute Gasteiger partial charge is 0.282 e. The first-order valence-corrected chi connectivity index (χ1v) is 7.21. The Balaban J connectivity index is 1.99. The Morgan fingerprint density at radius 2 is 2.09 bits per heavy atom. The Bertz CT molecular complexity index is 810. The van der Waals surface area contributed by atoms with E-state index >= 15 is 0 Å². The Labute approximate surface area is 133 Å². The molecule has 0 radical (unpaired) electrons. The molecule has 23 heavy (non-hydrogen) atoms. The van der Waals surface area contributed by atoms with Crippen molar-refractivity contribution >= 4 is 39.8 Å². The van der Waals surface area contributed by atoms with Crippen molar-refractivity contribution in [1.82, 2.24) is 5.01 Å². The van der Waals surface area contributed by atoms with Gasteiger partial charge >= 0.3 is 6.18 Å². The van der Waals surface area contributed by atoms with Crippen LogP contribution in [0.1, 0.15) is 11.1 Å². The minimum atomic E-state index is -4.64. The molecule has 0 saturated heterocycles. The van der Waals surface area contributed by atoms with Crippen molar-refractivity contribution in [2.45, 2.75) is 13.1 Å². The van der Waals surface area contributed by atoms with Crippen molar-refractivity contribution in [2.75, 3.05) is 0 Å². The third kappa shape index (κ3) is 2.91. The average molecular weight is 338 g/mol. The van der Waals surface area contributed by atoms with Gasteiger partial charge in [-0.15, -0.1) is 0 Å². The number of hydrogen-bond donors (Lipinski definition) is 1. The van der Waals surface area contributed by atoms with Gasteiger partial charge in [-0.25, -0.2) is 0 Å². The van der Waals surface area contributed by atoms with Crippen molar-refractivity contribution < 1.29 is 18.0 Å². The summed E-state index contributed by atoms with van der Waals surface area (Å²) in [5, 5.41) is 10.6. The fourth-order valence-electron chi connectivity index (χ4n) is 2.03. The van der Waals surface area contributed by atoms with Crippen molar-refractivity contribution in [3.05, 3.63) is 41.0 Å². The number of hydrogen-bond acceptors (Lipinski definition) is 4. The first kappa shape index (κ1) is 15.5. The number of benzene rings is 1. The van der Waals surface area contributed by atoms with Crippen LogP contribution in [0.25, 0.3) is 6.08 Å². The summed E-state index contributed by atoms with van der Waals surface area (Å²) in [7, 11) is 0. The van der Waals surface area contributed by atoms with Crippen LogP contribution < -0.4 is 0 Å². The number of amidine groups is 2. The van der Waals surface area contributed by atoms with Crippen molar-refractivity contribution in [2.24, 2.45) is 10.1 Å². The van der Waals surface area contributed by atoms with E-state index in [2.05, 4.69) is 10.1 Å². The van der Waals surface area contributed by atoms with Gasteiger partial charge < -0.3 is 0 Å². The molecule has 2 aliphatic heterocycles. The van der Waals surface area contributed by atoms with Crippen LogP contribution in [0.3, 0.4) is 0 Å². The average Bonchev–Trinajstić information content (AvgIpc) is 2.87. The van der Waals surface area contributed by atoms with E-state index in [0.29, 0.717) is 5.56 Å². The lowest BCUT2D eigenvalue weighted by Crippen LogP contribution is -2.35. The zero-order valence-corrected chi connectivity index (χ0v) is 12.5. The monoisotopic (exact) mass is 338 g/mol. The van der Waals surface area contributed by atoms with Gasteiger partial charge in [0.2, 0.25) is 10.2 Å². The molecule has 0 bridgehead atoms. The zero-order valence-electron chi connectivity index (χ0n) is 11.7. The largest absolute Gasteiger partial charge is 0.441 e. The van der Waals surface area contributed by atoms with E-state index in [1.54, 1.807) is 18.2 Å². The highest BCUT2D eigenvalue weighted by molar-refractivity contribution is 8.27. The van der Waals surface area contributed by atoms with E-state index in [9.17, 15) is 18.0 Å². The molecule has 0 spiro atoms. The number of carbonyl (C=O) groups is 1. The lowest BCUT2D eigenvalue weighted by Gasteiger charge is -2.20. The lowest BCUT2D eigenvalue weighted by atomic mass is 10.1. The molecule has 3 rings (SSSR count). The minimum Gasteiger partial charge on any atom is -0.282 e. The molecule has 2 heterocycles.